The molecule has 2 rings (SSSR count). The summed E-state index contributed by atoms with van der Waals surface area (Å²) in [6, 6.07) is 9.94. The van der Waals surface area contributed by atoms with E-state index in [0.29, 0.717) is 13.0 Å². The number of rotatable bonds is 4. The van der Waals surface area contributed by atoms with Crippen molar-refractivity contribution in [2.75, 3.05) is 0 Å². The second kappa shape index (κ2) is 4.47. The van der Waals surface area contributed by atoms with Crippen molar-refractivity contribution in [3.8, 4) is 0 Å². The van der Waals surface area contributed by atoms with Crippen LogP contribution in [0.1, 0.15) is 18.9 Å². The van der Waals surface area contributed by atoms with Crippen LogP contribution in [0.15, 0.2) is 30.3 Å². The number of carbonyl (C=O) groups excluding carboxylic acids is 2. The largest absolute Gasteiger partial charge is 0.334 e. The summed E-state index contributed by atoms with van der Waals surface area (Å²) in [5.41, 5.74) is 1.11. The van der Waals surface area contributed by atoms with Crippen molar-refractivity contribution < 1.29 is 9.59 Å². The van der Waals surface area contributed by atoms with Crippen molar-refractivity contribution in [2.24, 2.45) is 5.92 Å². The Labute approximate surface area is 95.1 Å². The fourth-order valence-electron chi connectivity index (χ4n) is 2.02. The van der Waals surface area contributed by atoms with Crippen molar-refractivity contribution in [3.05, 3.63) is 35.9 Å². The molecular weight excluding hydrogens is 202 g/mol. The topological polar surface area (TPSA) is 37.4 Å². The van der Waals surface area contributed by atoms with Crippen LogP contribution in [0.3, 0.4) is 0 Å². The first-order valence-electron chi connectivity index (χ1n) is 5.51. The molecule has 0 spiro atoms. The van der Waals surface area contributed by atoms with Gasteiger partial charge in [0.25, 0.3) is 0 Å². The molecule has 0 aliphatic carbocycles. The molecule has 16 heavy (non-hydrogen) atoms. The minimum absolute atomic E-state index is 0.0681. The first kappa shape index (κ1) is 10.9. The van der Waals surface area contributed by atoms with Gasteiger partial charge in [-0.05, 0) is 5.56 Å². The molecular formula is C13H15NO2. The maximum atomic E-state index is 11.5. The van der Waals surface area contributed by atoms with E-state index in [1.807, 2.05) is 37.3 Å². The third-order valence-corrected chi connectivity index (χ3v) is 3.12. The van der Waals surface area contributed by atoms with E-state index in [2.05, 4.69) is 0 Å². The molecule has 1 heterocycles. The van der Waals surface area contributed by atoms with Crippen LogP contribution in [0.4, 0.5) is 0 Å². The maximum Gasteiger partial charge on any atom is 0.225 e. The van der Waals surface area contributed by atoms with Gasteiger partial charge in [-0.1, -0.05) is 37.3 Å². The SMILES string of the molecule is C[C@H](C=O)[C@@H]1CC(=O)N1Cc1ccccc1. The monoisotopic (exact) mass is 217 g/mol. The second-order valence-electron chi connectivity index (χ2n) is 4.27. The number of nitrogens with zero attached hydrogens (tertiary/aromatic N) is 1. The molecule has 0 radical (unpaired) electrons. The Balaban J connectivity index is 2.03. The van der Waals surface area contributed by atoms with Crippen molar-refractivity contribution in [3.63, 3.8) is 0 Å². The highest BCUT2D eigenvalue weighted by molar-refractivity contribution is 5.84. The van der Waals surface area contributed by atoms with Crippen LogP contribution in [0.5, 0.6) is 0 Å². The molecule has 1 amide bonds. The number of β-lactam (4-membered cyclic amide) rings is 1. The fourth-order valence-corrected chi connectivity index (χ4v) is 2.02. The first-order valence-corrected chi connectivity index (χ1v) is 5.51. The van der Waals surface area contributed by atoms with Crippen LogP contribution < -0.4 is 0 Å². The Morgan fingerprint density at radius 2 is 2.12 bits per heavy atom. The van der Waals surface area contributed by atoms with Gasteiger partial charge in [0.05, 0.1) is 0 Å². The van der Waals surface area contributed by atoms with Crippen LogP contribution in [0, 0.1) is 5.92 Å². The highest BCUT2D eigenvalue weighted by atomic mass is 16.2. The predicted octanol–water partition coefficient (Wildman–Crippen LogP) is 1.62. The number of amides is 1. The summed E-state index contributed by atoms with van der Waals surface area (Å²) in [7, 11) is 0. The zero-order chi connectivity index (χ0) is 11.5. The average molecular weight is 217 g/mol. The van der Waals surface area contributed by atoms with E-state index in [9.17, 15) is 9.59 Å². The first-order chi connectivity index (χ1) is 7.72. The Bertz CT molecular complexity index is 388. The molecule has 84 valence electrons. The van der Waals surface area contributed by atoms with Crippen molar-refractivity contribution in [2.45, 2.75) is 25.9 Å². The van der Waals surface area contributed by atoms with Gasteiger partial charge >= 0.3 is 0 Å². The van der Waals surface area contributed by atoms with Crippen molar-refractivity contribution in [1.29, 1.82) is 0 Å². The van der Waals surface area contributed by atoms with E-state index >= 15 is 0 Å². The highest BCUT2D eigenvalue weighted by Gasteiger charge is 2.39. The van der Waals surface area contributed by atoms with E-state index < -0.39 is 0 Å². The molecule has 1 aromatic rings. The highest BCUT2D eigenvalue weighted by Crippen LogP contribution is 2.27. The lowest BCUT2D eigenvalue weighted by atomic mass is 9.90. The fraction of sp³-hybridized carbons (Fsp3) is 0.385. The summed E-state index contributed by atoms with van der Waals surface area (Å²) in [5, 5.41) is 0. The molecule has 1 aliphatic heterocycles. The third kappa shape index (κ3) is 1.98. The summed E-state index contributed by atoms with van der Waals surface area (Å²) >= 11 is 0. The lowest BCUT2D eigenvalue weighted by Gasteiger charge is -2.42. The van der Waals surface area contributed by atoms with Gasteiger partial charge in [-0.3, -0.25) is 4.79 Å². The van der Waals surface area contributed by atoms with Crippen LogP contribution in [-0.2, 0) is 16.1 Å². The lowest BCUT2D eigenvalue weighted by Crippen LogP contribution is -2.55. The molecule has 0 unspecified atom stereocenters. The van der Waals surface area contributed by atoms with Gasteiger partial charge in [-0.25, -0.2) is 0 Å². The van der Waals surface area contributed by atoms with Crippen LogP contribution in [-0.4, -0.2) is 23.1 Å². The van der Waals surface area contributed by atoms with Gasteiger partial charge in [-0.15, -0.1) is 0 Å². The smallest absolute Gasteiger partial charge is 0.225 e. The van der Waals surface area contributed by atoms with Gasteiger partial charge in [0.1, 0.15) is 6.29 Å². The van der Waals surface area contributed by atoms with Crippen molar-refractivity contribution in [1.82, 2.24) is 4.90 Å². The molecule has 1 aliphatic rings. The van der Waals surface area contributed by atoms with E-state index in [1.165, 1.54) is 0 Å². The third-order valence-electron chi connectivity index (χ3n) is 3.12. The number of aldehydes is 1. The Morgan fingerprint density at radius 1 is 1.44 bits per heavy atom. The van der Waals surface area contributed by atoms with Gasteiger partial charge in [0, 0.05) is 24.9 Å². The van der Waals surface area contributed by atoms with E-state index in [0.717, 1.165) is 11.8 Å². The minimum Gasteiger partial charge on any atom is -0.334 e. The van der Waals surface area contributed by atoms with Crippen LogP contribution in [0.2, 0.25) is 0 Å². The summed E-state index contributed by atoms with van der Waals surface area (Å²) < 4.78 is 0. The minimum atomic E-state index is -0.0681. The number of hydrogen-bond acceptors (Lipinski definition) is 2. The van der Waals surface area contributed by atoms with Gasteiger partial charge in [-0.2, -0.15) is 0 Å². The molecule has 0 N–H and O–H groups in total. The Morgan fingerprint density at radius 3 is 2.69 bits per heavy atom. The molecule has 1 fully saturated rings. The number of likely N-dealkylation sites (tertiary alicyclic amines) is 1. The maximum absolute atomic E-state index is 11.5. The number of hydrogen-bond donors (Lipinski definition) is 0. The molecule has 1 aromatic carbocycles. The number of carbonyl (C=O) groups is 2. The van der Waals surface area contributed by atoms with Gasteiger partial charge in [0.2, 0.25) is 5.91 Å². The zero-order valence-electron chi connectivity index (χ0n) is 9.30. The summed E-state index contributed by atoms with van der Waals surface area (Å²) in [5.74, 6) is 0.0731. The molecule has 3 heteroatoms. The Kier molecular flexibility index (Phi) is 3.04. The molecule has 0 bridgehead atoms. The second-order valence-corrected chi connectivity index (χ2v) is 4.27. The lowest BCUT2D eigenvalue weighted by molar-refractivity contribution is -0.150. The normalized spacial score (nSPS) is 21.4. The molecule has 3 nitrogen and oxygen atoms in total. The summed E-state index contributed by atoms with van der Waals surface area (Å²) in [4.78, 5) is 24.0. The van der Waals surface area contributed by atoms with Crippen molar-refractivity contribution >= 4 is 12.2 Å². The van der Waals surface area contributed by atoms with E-state index in [-0.39, 0.29) is 17.9 Å². The van der Waals surface area contributed by atoms with Crippen LogP contribution in [0.25, 0.3) is 0 Å². The van der Waals surface area contributed by atoms with Gasteiger partial charge in [0.15, 0.2) is 0 Å². The Hall–Kier alpha value is -1.64. The predicted molar refractivity (Wildman–Crippen MR) is 60.6 cm³/mol. The zero-order valence-corrected chi connectivity index (χ0v) is 9.30. The molecule has 1 saturated heterocycles. The van der Waals surface area contributed by atoms with E-state index in [4.69, 9.17) is 0 Å². The summed E-state index contributed by atoms with van der Waals surface area (Å²) in [6.45, 7) is 2.48. The van der Waals surface area contributed by atoms with Crippen LogP contribution >= 0.6 is 0 Å². The molecule has 0 saturated carbocycles. The quantitative estimate of drug-likeness (QED) is 0.567. The summed E-state index contributed by atoms with van der Waals surface area (Å²) in [6.07, 6.45) is 1.43. The average Bonchev–Trinajstić information content (AvgIpc) is 2.33. The van der Waals surface area contributed by atoms with Gasteiger partial charge < -0.3 is 9.69 Å². The molecule has 2 atom stereocenters. The standard InChI is InChI=1S/C13H15NO2/c1-10(9-15)12-7-13(16)14(12)8-11-5-3-2-4-6-11/h2-6,9-10,12H,7-8H2,1H3/t10-,12+/m1/s1. The molecule has 0 aromatic heterocycles. The van der Waals surface area contributed by atoms with E-state index in [1.54, 1.807) is 4.90 Å². The number of benzene rings is 1.